The Balaban J connectivity index is 0.000000612. The predicted octanol–water partition coefficient (Wildman–Crippen LogP) is 0.774. The van der Waals surface area contributed by atoms with Gasteiger partial charge in [0, 0.05) is 49.2 Å². The molecule has 2 aromatic rings. The number of nitrogens with zero attached hydrogens (tertiary/aromatic N) is 1. The molecule has 0 spiro atoms. The molecule has 1 aromatic heterocycles. The van der Waals surface area contributed by atoms with Crippen LogP contribution >= 0.6 is 0 Å². The van der Waals surface area contributed by atoms with Crippen molar-refractivity contribution in [3.8, 4) is 11.5 Å². The van der Waals surface area contributed by atoms with Crippen molar-refractivity contribution in [2.24, 2.45) is 0 Å². The molecule has 0 bridgehead atoms. The molecule has 1 amide bonds. The molecule has 0 saturated carbocycles. The maximum Gasteiger partial charge on any atom is 0.414 e. The minimum Gasteiger partial charge on any atom is -0.497 e. The molecule has 0 saturated heterocycles. The predicted molar refractivity (Wildman–Crippen MR) is 103 cm³/mol. The van der Waals surface area contributed by atoms with Crippen LogP contribution in [-0.4, -0.2) is 60.4 Å². The molecular weight excluding hydrogens is 382 g/mol. The van der Waals surface area contributed by atoms with Crippen LogP contribution in [0.25, 0.3) is 0 Å². The lowest BCUT2D eigenvalue weighted by Gasteiger charge is -2.11. The second-order valence-corrected chi connectivity index (χ2v) is 5.46. The highest BCUT2D eigenvalue weighted by atomic mass is 16.5. The van der Waals surface area contributed by atoms with Gasteiger partial charge in [-0.1, -0.05) is 6.07 Å². The molecule has 0 radical (unpaired) electrons. The molecule has 1 heterocycles. The smallest absolute Gasteiger partial charge is 0.414 e. The van der Waals surface area contributed by atoms with Gasteiger partial charge in [0.05, 0.1) is 14.2 Å². The lowest BCUT2D eigenvalue weighted by molar-refractivity contribution is -0.159. The topological polar surface area (TPSA) is 147 Å². The summed E-state index contributed by atoms with van der Waals surface area (Å²) in [6, 6.07) is 9.07. The van der Waals surface area contributed by atoms with Crippen molar-refractivity contribution < 1.29 is 34.1 Å². The van der Waals surface area contributed by atoms with E-state index in [1.807, 2.05) is 18.2 Å². The number of methoxy groups -OCH3 is 2. The van der Waals surface area contributed by atoms with Crippen molar-refractivity contribution in [3.05, 3.63) is 53.9 Å². The van der Waals surface area contributed by atoms with E-state index in [0.717, 1.165) is 17.1 Å². The highest BCUT2D eigenvalue weighted by Gasteiger charge is 2.06. The molecule has 2 rings (SSSR count). The van der Waals surface area contributed by atoms with E-state index in [4.69, 9.17) is 29.3 Å². The number of hydrogen-bond acceptors (Lipinski definition) is 7. The average molecular weight is 405 g/mol. The molecule has 10 nitrogen and oxygen atoms in total. The summed E-state index contributed by atoms with van der Waals surface area (Å²) >= 11 is 0. The van der Waals surface area contributed by atoms with E-state index in [1.54, 1.807) is 38.7 Å². The quantitative estimate of drug-likeness (QED) is 0.369. The van der Waals surface area contributed by atoms with Gasteiger partial charge in [0.15, 0.2) is 0 Å². The number of hydrogen-bond donors (Lipinski definition) is 4. The number of carboxylic acids is 2. The van der Waals surface area contributed by atoms with Crippen LogP contribution < -0.4 is 20.1 Å². The fraction of sp³-hybridized carbons (Fsp3) is 0.263. The second kappa shape index (κ2) is 12.7. The number of carbonyl (C=O) groups excluding carboxylic acids is 1. The molecule has 156 valence electrons. The van der Waals surface area contributed by atoms with Crippen molar-refractivity contribution in [2.45, 2.75) is 6.54 Å². The fourth-order valence-corrected chi connectivity index (χ4v) is 2.09. The number of carbonyl (C=O) groups is 3. The maximum atomic E-state index is 11.8. The standard InChI is InChI=1S/C17H21N3O3.C2H2O4/c1-22-15-4-3-14(16(11-15)23-2)12-19-9-10-20-17(21)13-5-7-18-8-6-13;3-1(4)2(5)6/h3-8,11,19H,9-10,12H2,1-2H3,(H,20,21);(H,3,4)(H,5,6). The Labute approximate surface area is 167 Å². The van der Waals surface area contributed by atoms with Crippen LogP contribution in [0.15, 0.2) is 42.7 Å². The van der Waals surface area contributed by atoms with Crippen LogP contribution in [0.3, 0.4) is 0 Å². The highest BCUT2D eigenvalue weighted by Crippen LogP contribution is 2.24. The molecule has 1 aromatic carbocycles. The van der Waals surface area contributed by atoms with Crippen LogP contribution in [-0.2, 0) is 16.1 Å². The summed E-state index contributed by atoms with van der Waals surface area (Å²) in [5.74, 6) is -2.21. The largest absolute Gasteiger partial charge is 0.497 e. The Bertz CT molecular complexity index is 801. The van der Waals surface area contributed by atoms with E-state index in [-0.39, 0.29) is 5.91 Å². The van der Waals surface area contributed by atoms with Crippen molar-refractivity contribution in [3.63, 3.8) is 0 Å². The van der Waals surface area contributed by atoms with Crippen LogP contribution in [0.5, 0.6) is 11.5 Å². The van der Waals surface area contributed by atoms with E-state index in [9.17, 15) is 4.79 Å². The first kappa shape index (κ1) is 23.4. The lowest BCUT2D eigenvalue weighted by atomic mass is 10.2. The van der Waals surface area contributed by atoms with Crippen molar-refractivity contribution in [1.82, 2.24) is 15.6 Å². The third kappa shape index (κ3) is 8.71. The average Bonchev–Trinajstić information content (AvgIpc) is 2.74. The Hall–Kier alpha value is -3.66. The molecule has 0 aliphatic rings. The number of nitrogens with one attached hydrogen (secondary N) is 2. The van der Waals surface area contributed by atoms with Crippen LogP contribution in [0.1, 0.15) is 15.9 Å². The Morgan fingerprint density at radius 1 is 0.966 bits per heavy atom. The van der Waals surface area contributed by atoms with Gasteiger partial charge in [-0.15, -0.1) is 0 Å². The van der Waals surface area contributed by atoms with Gasteiger partial charge in [0.1, 0.15) is 11.5 Å². The molecular formula is C19H23N3O7. The minimum absolute atomic E-state index is 0.101. The maximum absolute atomic E-state index is 11.8. The summed E-state index contributed by atoms with van der Waals surface area (Å²) in [5, 5.41) is 20.9. The molecule has 0 aliphatic heterocycles. The molecule has 0 aliphatic carbocycles. The first-order chi connectivity index (χ1) is 13.9. The summed E-state index contributed by atoms with van der Waals surface area (Å²) in [5.41, 5.74) is 1.64. The van der Waals surface area contributed by atoms with Crippen molar-refractivity contribution >= 4 is 17.8 Å². The third-order valence-electron chi connectivity index (χ3n) is 3.52. The van der Waals surface area contributed by atoms with Gasteiger partial charge in [0.25, 0.3) is 5.91 Å². The Morgan fingerprint density at radius 3 is 2.17 bits per heavy atom. The van der Waals surface area contributed by atoms with E-state index in [2.05, 4.69) is 15.6 Å². The molecule has 4 N–H and O–H groups in total. The summed E-state index contributed by atoms with van der Waals surface area (Å²) in [7, 11) is 3.26. The van der Waals surface area contributed by atoms with E-state index >= 15 is 0 Å². The highest BCUT2D eigenvalue weighted by molar-refractivity contribution is 6.27. The van der Waals surface area contributed by atoms with Crippen LogP contribution in [0.2, 0.25) is 0 Å². The van der Waals surface area contributed by atoms with Gasteiger partial charge in [0.2, 0.25) is 0 Å². The number of aromatic nitrogens is 1. The zero-order valence-electron chi connectivity index (χ0n) is 16.0. The number of rotatable bonds is 8. The molecule has 0 unspecified atom stereocenters. The minimum atomic E-state index is -1.82. The van der Waals surface area contributed by atoms with Gasteiger partial charge in [-0.05, 0) is 18.2 Å². The first-order valence-corrected chi connectivity index (χ1v) is 8.45. The van der Waals surface area contributed by atoms with Crippen LogP contribution in [0.4, 0.5) is 0 Å². The lowest BCUT2D eigenvalue weighted by Crippen LogP contribution is -2.31. The normalized spacial score (nSPS) is 9.59. The van der Waals surface area contributed by atoms with Gasteiger partial charge < -0.3 is 30.3 Å². The second-order valence-electron chi connectivity index (χ2n) is 5.46. The Kier molecular flexibility index (Phi) is 10.2. The van der Waals surface area contributed by atoms with Crippen molar-refractivity contribution in [1.29, 1.82) is 0 Å². The van der Waals surface area contributed by atoms with E-state index in [1.165, 1.54) is 0 Å². The number of carboxylic acid groups (broad SMARTS) is 2. The van der Waals surface area contributed by atoms with Gasteiger partial charge in [-0.2, -0.15) is 0 Å². The number of amides is 1. The summed E-state index contributed by atoms with van der Waals surface area (Å²) in [6.07, 6.45) is 3.20. The van der Waals surface area contributed by atoms with Gasteiger partial charge in [-0.3, -0.25) is 9.78 Å². The molecule has 29 heavy (non-hydrogen) atoms. The fourth-order valence-electron chi connectivity index (χ4n) is 2.09. The SMILES string of the molecule is COc1ccc(CNCCNC(=O)c2ccncc2)c(OC)c1.O=C(O)C(=O)O. The van der Waals surface area contributed by atoms with E-state index < -0.39 is 11.9 Å². The monoisotopic (exact) mass is 405 g/mol. The first-order valence-electron chi connectivity index (χ1n) is 8.45. The molecule has 0 fully saturated rings. The molecule has 0 atom stereocenters. The summed E-state index contributed by atoms with van der Waals surface area (Å²) in [6.45, 7) is 1.85. The number of ether oxygens (including phenoxy) is 2. The van der Waals surface area contributed by atoms with Gasteiger partial charge in [-0.25, -0.2) is 9.59 Å². The summed E-state index contributed by atoms with van der Waals surface area (Å²) in [4.78, 5) is 33.9. The van der Waals surface area contributed by atoms with Crippen LogP contribution in [0, 0.1) is 0 Å². The number of pyridine rings is 1. The Morgan fingerprint density at radius 2 is 1.62 bits per heavy atom. The number of benzene rings is 1. The summed E-state index contributed by atoms with van der Waals surface area (Å²) < 4.78 is 10.5. The van der Waals surface area contributed by atoms with E-state index in [0.29, 0.717) is 25.2 Å². The number of aliphatic carboxylic acids is 2. The zero-order chi connectivity index (χ0) is 21.6. The molecule has 10 heteroatoms. The van der Waals surface area contributed by atoms with Gasteiger partial charge >= 0.3 is 11.9 Å². The third-order valence-corrected chi connectivity index (χ3v) is 3.52. The zero-order valence-corrected chi connectivity index (χ0v) is 16.0. The van der Waals surface area contributed by atoms with Crippen molar-refractivity contribution in [2.75, 3.05) is 27.3 Å².